The van der Waals surface area contributed by atoms with E-state index in [1.807, 2.05) is 24.3 Å². The van der Waals surface area contributed by atoms with Gasteiger partial charge >= 0.3 is 0 Å². The van der Waals surface area contributed by atoms with Crippen LogP contribution in [0.1, 0.15) is 65.2 Å². The Morgan fingerprint density at radius 2 is 1.40 bits per heavy atom. The molecule has 7 nitrogen and oxygen atoms in total. The quantitative estimate of drug-likeness (QED) is 0.169. The Bertz CT molecular complexity index is 1050. The van der Waals surface area contributed by atoms with Gasteiger partial charge in [0.15, 0.2) is 0 Å². The van der Waals surface area contributed by atoms with Gasteiger partial charge in [0.1, 0.15) is 5.75 Å². The van der Waals surface area contributed by atoms with E-state index in [2.05, 4.69) is 10.7 Å². The molecule has 0 saturated carbocycles. The lowest BCUT2D eigenvalue weighted by molar-refractivity contribution is 0.0771. The number of hydrogen-bond donors (Lipinski definition) is 0. The first-order chi connectivity index (χ1) is 16.9. The molecule has 0 N–H and O–H groups in total. The molecule has 0 saturated heterocycles. The molecule has 0 aliphatic carbocycles. The molecule has 1 unspecified atom stereocenters. The van der Waals surface area contributed by atoms with Crippen LogP contribution >= 0.6 is 0 Å². The number of unbranched alkanes of at least 4 members (excludes halogenated alkanes) is 7. The predicted octanol–water partition coefficient (Wildman–Crippen LogP) is 6.68. The summed E-state index contributed by atoms with van der Waals surface area (Å²) in [5, 5.41) is 0. The van der Waals surface area contributed by atoms with Crippen molar-refractivity contribution < 1.29 is 26.3 Å². The van der Waals surface area contributed by atoms with Crippen LogP contribution in [0.25, 0.3) is 11.1 Å². The van der Waals surface area contributed by atoms with Crippen molar-refractivity contribution in [2.75, 3.05) is 20.3 Å². The van der Waals surface area contributed by atoms with Gasteiger partial charge in [-0.15, -0.1) is 0 Å². The second-order valence-corrected chi connectivity index (χ2v) is 11.2. The van der Waals surface area contributed by atoms with E-state index in [4.69, 9.17) is 13.7 Å². The lowest BCUT2D eigenvalue weighted by Gasteiger charge is -2.12. The van der Waals surface area contributed by atoms with E-state index >= 15 is 0 Å². The fourth-order valence-electron chi connectivity index (χ4n) is 3.36. The Hall–Kier alpha value is -1.94. The third-order valence-corrected chi connectivity index (χ3v) is 8.05. The normalized spacial score (nSPS) is 13.6. The van der Waals surface area contributed by atoms with Gasteiger partial charge in [-0.25, -0.2) is 8.42 Å². The van der Waals surface area contributed by atoms with E-state index in [-0.39, 0.29) is 17.6 Å². The lowest BCUT2D eigenvalue weighted by atomic mass is 10.1. The highest BCUT2D eigenvalue weighted by Gasteiger charge is 2.10. The van der Waals surface area contributed by atoms with Crippen LogP contribution in [0, 0.1) is 0 Å². The summed E-state index contributed by atoms with van der Waals surface area (Å²) in [7, 11) is -4.95. The Labute approximate surface area is 212 Å². The smallest absolute Gasteiger partial charge is 0.262 e. The second kappa shape index (κ2) is 15.9. The number of rotatable bonds is 17. The highest BCUT2D eigenvalue weighted by Crippen LogP contribution is 2.25. The van der Waals surface area contributed by atoms with Crippen molar-refractivity contribution >= 4 is 20.9 Å². The molecule has 0 amide bonds. The van der Waals surface area contributed by atoms with Crippen molar-refractivity contribution in [2.24, 2.45) is 3.77 Å². The number of sulfonamides is 1. The molecule has 2 aromatic carbocycles. The molecule has 0 aliphatic heterocycles. The fourth-order valence-corrected chi connectivity index (χ4v) is 5.30. The number of methoxy groups -OCH3 is 1. The maximum atomic E-state index is 12.4. The average molecular weight is 525 g/mol. The van der Waals surface area contributed by atoms with Gasteiger partial charge in [-0.1, -0.05) is 76.1 Å². The van der Waals surface area contributed by atoms with Gasteiger partial charge in [0.2, 0.25) is 0 Å². The van der Waals surface area contributed by atoms with E-state index < -0.39 is 20.9 Å². The van der Waals surface area contributed by atoms with Crippen LogP contribution in [-0.4, -0.2) is 34.8 Å². The molecule has 0 spiro atoms. The molecule has 9 heteroatoms. The summed E-state index contributed by atoms with van der Waals surface area (Å²) in [5.41, 5.74) is 1.79. The van der Waals surface area contributed by atoms with Gasteiger partial charge in [0.05, 0.1) is 24.2 Å². The van der Waals surface area contributed by atoms with E-state index in [9.17, 15) is 12.6 Å². The molecule has 2 aromatic rings. The molecule has 0 bridgehead atoms. The highest BCUT2D eigenvalue weighted by atomic mass is 32.3. The summed E-state index contributed by atoms with van der Waals surface area (Å²) in [4.78, 5) is -0.0525. The first-order valence-electron chi connectivity index (χ1n) is 12.2. The van der Waals surface area contributed by atoms with Crippen molar-refractivity contribution in [3.05, 3.63) is 48.5 Å². The molecule has 0 heterocycles. The van der Waals surface area contributed by atoms with Crippen LogP contribution in [-0.2, 0) is 34.0 Å². The standard InChI is InChI=1S/C26H38NO6S2/c1-4-5-6-7-8-9-10-11-20-32-25-16-12-23(13-17-25)24-14-18-26(19-15-24)35(29,30)27-34(28)33-21-22(2)31-3/h12-19,22H,4-11,20-21H2,1-3H3/q-1. The third kappa shape index (κ3) is 11.1. The van der Waals surface area contributed by atoms with E-state index in [1.54, 1.807) is 19.1 Å². The number of ether oxygens (including phenoxy) is 2. The molecule has 1 atom stereocenters. The molecule has 0 aromatic heterocycles. The number of hydrogen-bond acceptors (Lipinski definition) is 7. The summed E-state index contributed by atoms with van der Waals surface area (Å²) >= 11 is 0. The van der Waals surface area contributed by atoms with Gasteiger partial charge in [-0.2, -0.15) is 0 Å². The molecule has 0 aliphatic rings. The Morgan fingerprint density at radius 1 is 0.857 bits per heavy atom. The molecular weight excluding hydrogens is 486 g/mol. The summed E-state index contributed by atoms with van der Waals surface area (Å²) in [6, 6.07) is 14.0. The maximum Gasteiger partial charge on any atom is 0.262 e. The van der Waals surface area contributed by atoms with Crippen molar-refractivity contribution in [1.29, 1.82) is 0 Å². The largest absolute Gasteiger partial charge is 0.494 e. The second-order valence-electron chi connectivity index (χ2n) is 8.47. The summed E-state index contributed by atoms with van der Waals surface area (Å²) in [6.07, 6.45) is 9.80. The van der Waals surface area contributed by atoms with Gasteiger partial charge in [-0.05, 0) is 59.6 Å². The lowest BCUT2D eigenvalue weighted by Crippen LogP contribution is -2.13. The molecule has 2 rings (SSSR count). The van der Waals surface area contributed by atoms with Crippen molar-refractivity contribution in [1.82, 2.24) is 0 Å². The zero-order chi connectivity index (χ0) is 25.5. The zero-order valence-electron chi connectivity index (χ0n) is 21.0. The Morgan fingerprint density at radius 3 is 1.97 bits per heavy atom. The minimum absolute atomic E-state index is 0.0279. The minimum atomic E-state index is -4.10. The Balaban J connectivity index is 1.83. The van der Waals surface area contributed by atoms with Gasteiger partial charge in [-0.3, -0.25) is 3.77 Å². The van der Waals surface area contributed by atoms with Crippen molar-refractivity contribution in [3.63, 3.8) is 0 Å². The SMILES string of the molecule is CCCCCCCCCCOc1ccc(-c2ccc(S(=O)(=O)N=[S-](=O)OCC(C)OC)cc2)cc1. The van der Waals surface area contributed by atoms with Crippen LogP contribution in [0.3, 0.4) is 0 Å². The van der Waals surface area contributed by atoms with Gasteiger partial charge < -0.3 is 17.9 Å². The van der Waals surface area contributed by atoms with Crippen LogP contribution in [0.15, 0.2) is 57.2 Å². The zero-order valence-corrected chi connectivity index (χ0v) is 22.6. The predicted molar refractivity (Wildman–Crippen MR) is 140 cm³/mol. The monoisotopic (exact) mass is 524 g/mol. The van der Waals surface area contributed by atoms with E-state index in [0.717, 1.165) is 23.3 Å². The third-order valence-electron chi connectivity index (χ3n) is 5.57. The molecule has 0 radical (unpaired) electrons. The van der Waals surface area contributed by atoms with Gasteiger partial charge in [0.25, 0.3) is 10.0 Å². The molecular formula is C26H38NO6S2-. The van der Waals surface area contributed by atoms with Crippen LogP contribution in [0.2, 0.25) is 0 Å². The van der Waals surface area contributed by atoms with Crippen molar-refractivity contribution in [3.8, 4) is 16.9 Å². The first kappa shape index (κ1) is 29.3. The molecule has 196 valence electrons. The first-order valence-corrected chi connectivity index (χ1v) is 14.7. The van der Waals surface area contributed by atoms with Crippen molar-refractivity contribution in [2.45, 2.75) is 76.2 Å². The van der Waals surface area contributed by atoms with Crippen LogP contribution in [0.4, 0.5) is 0 Å². The summed E-state index contributed by atoms with van der Waals surface area (Å²) in [6.45, 7) is 4.62. The highest BCUT2D eigenvalue weighted by molar-refractivity contribution is 7.95. The summed E-state index contributed by atoms with van der Waals surface area (Å²) in [5.74, 6) is 0.819. The molecule has 0 fully saturated rings. The van der Waals surface area contributed by atoms with E-state index in [0.29, 0.717) is 6.61 Å². The average Bonchev–Trinajstić information content (AvgIpc) is 2.86. The number of nitrogens with zero attached hydrogens (tertiary/aromatic N) is 1. The Kier molecular flexibility index (Phi) is 13.3. The topological polar surface area (TPSA) is 91.3 Å². The fraction of sp³-hybridized carbons (Fsp3) is 0.538. The van der Waals surface area contributed by atoms with E-state index in [1.165, 1.54) is 64.2 Å². The summed E-state index contributed by atoms with van der Waals surface area (Å²) < 4.78 is 55.6. The maximum absolute atomic E-state index is 12.4. The van der Waals surface area contributed by atoms with Crippen LogP contribution < -0.4 is 4.74 Å². The molecule has 35 heavy (non-hydrogen) atoms. The van der Waals surface area contributed by atoms with Gasteiger partial charge in [0, 0.05) is 7.11 Å². The minimum Gasteiger partial charge on any atom is -0.494 e. The van der Waals surface area contributed by atoms with Crippen LogP contribution in [0.5, 0.6) is 5.75 Å². The number of benzene rings is 2.